The molecule has 1 aromatic carbocycles. The van der Waals surface area contributed by atoms with Crippen molar-refractivity contribution in [1.29, 1.82) is 0 Å². The van der Waals surface area contributed by atoms with E-state index in [9.17, 15) is 13.8 Å². The van der Waals surface area contributed by atoms with Crippen LogP contribution in [0.5, 0.6) is 0 Å². The molecule has 3 aromatic rings. The number of ether oxygens (including phenoxy) is 1. The van der Waals surface area contributed by atoms with Crippen LogP contribution in [0.25, 0.3) is 11.0 Å². The first-order chi connectivity index (χ1) is 15.9. The Bertz CT molecular complexity index is 1270. The second-order valence-corrected chi connectivity index (χ2v) is 9.45. The molecule has 0 saturated heterocycles. The van der Waals surface area contributed by atoms with Gasteiger partial charge in [0.2, 0.25) is 18.1 Å². The molecule has 4 N–H and O–H groups in total. The molecule has 0 bridgehead atoms. The predicted octanol–water partition coefficient (Wildman–Crippen LogP) is 2.51. The topological polar surface area (TPSA) is 141 Å². The highest BCUT2D eigenvalue weighted by atomic mass is 32.2. The van der Waals surface area contributed by atoms with Crippen LogP contribution in [0.15, 0.2) is 41.4 Å². The molecule has 2 aliphatic rings. The van der Waals surface area contributed by atoms with E-state index in [4.69, 9.17) is 14.9 Å². The largest absolute Gasteiger partial charge is 0.436 e. The van der Waals surface area contributed by atoms with Crippen molar-refractivity contribution in [2.75, 3.05) is 5.32 Å². The Balaban J connectivity index is 1.59. The Kier molecular flexibility index (Phi) is 5.37. The monoisotopic (exact) mass is 468 g/mol. The highest BCUT2D eigenvalue weighted by Crippen LogP contribution is 2.43. The molecule has 172 valence electrons. The van der Waals surface area contributed by atoms with Crippen molar-refractivity contribution in [2.24, 2.45) is 5.14 Å². The number of carbonyl (C=O) groups is 2. The maximum Gasteiger partial charge on any atom is 0.304 e. The van der Waals surface area contributed by atoms with Gasteiger partial charge in [0.25, 0.3) is 0 Å². The van der Waals surface area contributed by atoms with Crippen molar-refractivity contribution in [1.82, 2.24) is 19.9 Å². The van der Waals surface area contributed by atoms with E-state index in [-0.39, 0.29) is 5.91 Å². The number of rotatable bonds is 4. The van der Waals surface area contributed by atoms with Gasteiger partial charge in [-0.15, -0.1) is 0 Å². The molecule has 1 aliphatic heterocycles. The quantitative estimate of drug-likeness (QED) is 0.500. The van der Waals surface area contributed by atoms with Gasteiger partial charge in [0, 0.05) is 24.2 Å². The number of nitrogens with one attached hydrogen (secondary N) is 2. The zero-order valence-corrected chi connectivity index (χ0v) is 18.9. The minimum absolute atomic E-state index is 0.156. The lowest BCUT2D eigenvalue weighted by Gasteiger charge is -2.43. The molecular weight excluding hydrogens is 444 g/mol. The van der Waals surface area contributed by atoms with Crippen LogP contribution in [0.2, 0.25) is 0 Å². The average molecular weight is 469 g/mol. The second-order valence-electron chi connectivity index (χ2n) is 8.38. The molecule has 2 aromatic heterocycles. The van der Waals surface area contributed by atoms with Gasteiger partial charge in [-0.2, -0.15) is 4.98 Å². The number of aromatic nitrogens is 3. The number of nitrogens with two attached hydrogens (primary N) is 1. The van der Waals surface area contributed by atoms with Gasteiger partial charge >= 0.3 is 5.97 Å². The fraction of sp³-hybridized carbons (Fsp3) is 0.364. The number of fused-ring (bicyclic) bond motifs is 4. The number of hydrogen-bond acceptors (Lipinski definition) is 7. The first-order valence-electron chi connectivity index (χ1n) is 10.8. The van der Waals surface area contributed by atoms with Crippen molar-refractivity contribution in [3.05, 3.63) is 42.2 Å². The standard InChI is InChI=1S/C22H24N6O4S/c1-13(29)32-19-17-11-14-12-24-21(25-15-5-7-16(8-6-15)33(23)31)26-18(14)28(17)22(20(30)27-19)9-3-2-4-10-22/h5-8,11-12,19H,2-4,9-10,23H2,1H3,(H,27,30)(H,24,25,26). The molecule has 2 atom stereocenters. The number of hydrogen-bond donors (Lipinski definition) is 3. The zero-order chi connectivity index (χ0) is 23.2. The van der Waals surface area contributed by atoms with E-state index in [1.165, 1.54) is 6.92 Å². The van der Waals surface area contributed by atoms with Gasteiger partial charge in [0.05, 0.1) is 10.6 Å². The van der Waals surface area contributed by atoms with Crippen LogP contribution >= 0.6 is 0 Å². The van der Waals surface area contributed by atoms with E-state index >= 15 is 0 Å². The fourth-order valence-corrected chi connectivity index (χ4v) is 5.19. The van der Waals surface area contributed by atoms with Gasteiger partial charge in [-0.05, 0) is 43.2 Å². The van der Waals surface area contributed by atoms with Crippen LogP contribution in [0.1, 0.15) is 50.9 Å². The fourth-order valence-electron chi connectivity index (χ4n) is 4.79. The highest BCUT2D eigenvalue weighted by molar-refractivity contribution is 7.82. The SMILES string of the molecule is CC(=O)OC1NC(=O)C2(CCCCC2)n2c1cc1cnc(Nc3ccc(S(N)=O)cc3)nc12. The third-order valence-corrected chi connectivity index (χ3v) is 6.99. The number of anilines is 2. The maximum absolute atomic E-state index is 13.3. The summed E-state index contributed by atoms with van der Waals surface area (Å²) in [7, 11) is -1.55. The van der Waals surface area contributed by atoms with Gasteiger partial charge in [-0.1, -0.05) is 19.3 Å². The highest BCUT2D eigenvalue weighted by Gasteiger charge is 2.49. The van der Waals surface area contributed by atoms with Gasteiger partial charge in [-0.3, -0.25) is 9.59 Å². The molecule has 1 aliphatic carbocycles. The number of amides is 1. The minimum Gasteiger partial charge on any atom is -0.436 e. The van der Waals surface area contributed by atoms with Crippen molar-refractivity contribution in [3.8, 4) is 0 Å². The molecule has 10 nitrogen and oxygen atoms in total. The molecule has 1 spiro atoms. The normalized spacial score (nSPS) is 20.2. The van der Waals surface area contributed by atoms with Crippen LogP contribution in [0.3, 0.4) is 0 Å². The number of carbonyl (C=O) groups excluding carboxylic acids is 2. The molecule has 1 fully saturated rings. The molecule has 0 radical (unpaired) electrons. The van der Waals surface area contributed by atoms with Crippen LogP contribution in [-0.2, 0) is 30.9 Å². The van der Waals surface area contributed by atoms with E-state index in [1.807, 2.05) is 10.6 Å². The summed E-state index contributed by atoms with van der Waals surface area (Å²) >= 11 is 0. The summed E-state index contributed by atoms with van der Waals surface area (Å²) in [5.74, 6) is -0.282. The van der Waals surface area contributed by atoms with E-state index in [0.717, 1.165) is 24.6 Å². The van der Waals surface area contributed by atoms with Crippen LogP contribution < -0.4 is 15.8 Å². The molecule has 2 unspecified atom stereocenters. The third kappa shape index (κ3) is 3.76. The Hall–Kier alpha value is -3.31. The molecule has 3 heterocycles. The predicted molar refractivity (Wildman–Crippen MR) is 122 cm³/mol. The van der Waals surface area contributed by atoms with E-state index < -0.39 is 28.7 Å². The van der Waals surface area contributed by atoms with E-state index in [2.05, 4.69) is 15.6 Å². The van der Waals surface area contributed by atoms with Crippen LogP contribution in [0, 0.1) is 0 Å². The van der Waals surface area contributed by atoms with Gasteiger partial charge in [0.1, 0.15) is 22.2 Å². The Labute approximate surface area is 192 Å². The van der Waals surface area contributed by atoms with Crippen molar-refractivity contribution in [2.45, 2.75) is 55.7 Å². The zero-order valence-electron chi connectivity index (χ0n) is 18.0. The van der Waals surface area contributed by atoms with Crippen LogP contribution in [0.4, 0.5) is 11.6 Å². The summed E-state index contributed by atoms with van der Waals surface area (Å²) in [6.07, 6.45) is 5.11. The Morgan fingerprint density at radius 1 is 1.27 bits per heavy atom. The Morgan fingerprint density at radius 2 is 2.00 bits per heavy atom. The van der Waals surface area contributed by atoms with Crippen molar-refractivity contribution < 1.29 is 18.5 Å². The lowest BCUT2D eigenvalue weighted by molar-refractivity contribution is -0.155. The summed E-state index contributed by atoms with van der Waals surface area (Å²) in [6.45, 7) is 1.32. The van der Waals surface area contributed by atoms with Gasteiger partial charge in [0.15, 0.2) is 0 Å². The van der Waals surface area contributed by atoms with Crippen LogP contribution in [-0.4, -0.2) is 30.6 Å². The second kappa shape index (κ2) is 8.23. The lowest BCUT2D eigenvalue weighted by atomic mass is 9.79. The summed E-state index contributed by atoms with van der Waals surface area (Å²) < 4.78 is 18.8. The maximum atomic E-state index is 13.3. The number of esters is 1. The van der Waals surface area contributed by atoms with E-state index in [1.54, 1.807) is 30.5 Å². The lowest BCUT2D eigenvalue weighted by Crippen LogP contribution is -2.56. The van der Waals surface area contributed by atoms with Gasteiger partial charge < -0.3 is 19.9 Å². The Morgan fingerprint density at radius 3 is 2.67 bits per heavy atom. The molecular formula is C22H24N6O4S. The molecule has 1 saturated carbocycles. The van der Waals surface area contributed by atoms with E-state index in [0.29, 0.717) is 40.7 Å². The first kappa shape index (κ1) is 21.5. The smallest absolute Gasteiger partial charge is 0.304 e. The van der Waals surface area contributed by atoms with Crippen molar-refractivity contribution in [3.63, 3.8) is 0 Å². The average Bonchev–Trinajstić information content (AvgIpc) is 3.18. The van der Waals surface area contributed by atoms with Crippen molar-refractivity contribution >= 4 is 45.5 Å². The first-order valence-corrected chi connectivity index (χ1v) is 12.0. The summed E-state index contributed by atoms with van der Waals surface area (Å²) in [5.41, 5.74) is 1.22. The minimum atomic E-state index is -1.55. The summed E-state index contributed by atoms with van der Waals surface area (Å²) in [6, 6.07) is 8.69. The molecule has 1 amide bonds. The summed E-state index contributed by atoms with van der Waals surface area (Å²) in [5, 5.41) is 12.2. The van der Waals surface area contributed by atoms with Gasteiger partial charge in [-0.25, -0.2) is 14.3 Å². The number of nitrogens with zero attached hydrogens (tertiary/aromatic N) is 3. The third-order valence-electron chi connectivity index (χ3n) is 6.26. The molecule has 5 rings (SSSR count). The number of benzene rings is 1. The summed E-state index contributed by atoms with van der Waals surface area (Å²) in [4.78, 5) is 34.7. The molecule has 33 heavy (non-hydrogen) atoms. The molecule has 11 heteroatoms.